The average molecular weight is 590 g/mol. The number of fused-ring (bicyclic) bond motifs is 1. The minimum Gasteiger partial charge on any atom is -0.508 e. The van der Waals surface area contributed by atoms with Crippen molar-refractivity contribution in [3.05, 3.63) is 88.5 Å². The molecule has 10 nitrogen and oxygen atoms in total. The topological polar surface area (TPSA) is 151 Å². The van der Waals surface area contributed by atoms with Crippen LogP contribution in [0.1, 0.15) is 77.4 Å². The number of nitrogens with one attached hydrogen (secondary N) is 1. The molecule has 3 aromatic carbocycles. The summed E-state index contributed by atoms with van der Waals surface area (Å²) in [5.74, 6) is -1.18. The Hall–Kier alpha value is -4.73. The number of nitrogens with zero attached hydrogens (tertiary/aromatic N) is 1. The fourth-order valence-corrected chi connectivity index (χ4v) is 5.07. The van der Waals surface area contributed by atoms with Crippen molar-refractivity contribution in [3.63, 3.8) is 0 Å². The van der Waals surface area contributed by atoms with E-state index in [2.05, 4.69) is 26.1 Å². The molecule has 0 saturated heterocycles. The zero-order chi connectivity index (χ0) is 31.1. The lowest BCUT2D eigenvalue weighted by Crippen LogP contribution is -2.43. The van der Waals surface area contributed by atoms with Gasteiger partial charge in [-0.2, -0.15) is 0 Å². The number of unbranched alkanes of at least 4 members (excludes halogenated alkanes) is 1. The molecule has 0 saturated carbocycles. The van der Waals surface area contributed by atoms with E-state index >= 15 is 0 Å². The summed E-state index contributed by atoms with van der Waals surface area (Å²) in [6.07, 6.45) is 1.30. The van der Waals surface area contributed by atoms with Gasteiger partial charge >= 0.3 is 6.09 Å². The minimum atomic E-state index is -0.797. The van der Waals surface area contributed by atoms with Crippen LogP contribution in [0.2, 0.25) is 0 Å². The Labute approximate surface area is 251 Å². The van der Waals surface area contributed by atoms with Crippen molar-refractivity contribution in [2.24, 2.45) is 11.1 Å². The van der Waals surface area contributed by atoms with E-state index in [4.69, 9.17) is 15.2 Å². The maximum Gasteiger partial charge on any atom is 0.404 e. The zero-order valence-corrected chi connectivity index (χ0v) is 24.8. The quantitative estimate of drug-likeness (QED) is 0.223. The molecular formula is C33H39N3O7. The number of phenolic OH excluding ortho intramolecular Hbond substituents is 2. The highest BCUT2D eigenvalue weighted by Crippen LogP contribution is 2.36. The monoisotopic (exact) mass is 589 g/mol. The van der Waals surface area contributed by atoms with Gasteiger partial charge in [0.1, 0.15) is 29.4 Å². The van der Waals surface area contributed by atoms with Gasteiger partial charge in [-0.3, -0.25) is 9.59 Å². The first-order valence-corrected chi connectivity index (χ1v) is 14.3. The Balaban J connectivity index is 1.44. The molecule has 0 aliphatic carbocycles. The average Bonchev–Trinajstić information content (AvgIpc) is 3.38. The van der Waals surface area contributed by atoms with Gasteiger partial charge < -0.3 is 35.6 Å². The number of hydrogen-bond donors (Lipinski definition) is 4. The molecule has 0 bridgehead atoms. The molecule has 3 amide bonds. The maximum atomic E-state index is 13.6. The van der Waals surface area contributed by atoms with E-state index in [-0.39, 0.29) is 59.9 Å². The molecular weight excluding hydrogens is 550 g/mol. The van der Waals surface area contributed by atoms with E-state index < -0.39 is 12.0 Å². The molecule has 5 N–H and O–H groups in total. The lowest BCUT2D eigenvalue weighted by molar-refractivity contribution is 0.0742. The molecule has 0 spiro atoms. The third kappa shape index (κ3) is 8.18. The summed E-state index contributed by atoms with van der Waals surface area (Å²) in [6.45, 7) is 7.10. The normalized spacial score (nSPS) is 13.2. The van der Waals surface area contributed by atoms with E-state index in [0.29, 0.717) is 24.9 Å². The summed E-state index contributed by atoms with van der Waals surface area (Å²) in [5, 5.41) is 23.8. The number of amides is 3. The lowest BCUT2D eigenvalue weighted by atomic mass is 9.83. The highest BCUT2D eigenvalue weighted by Gasteiger charge is 2.31. The van der Waals surface area contributed by atoms with Crippen LogP contribution in [0.25, 0.3) is 0 Å². The third-order valence-corrected chi connectivity index (χ3v) is 7.48. The van der Waals surface area contributed by atoms with Crippen molar-refractivity contribution < 1.29 is 34.1 Å². The highest BCUT2D eigenvalue weighted by atomic mass is 16.5. The minimum absolute atomic E-state index is 0.0336. The molecule has 3 aromatic rings. The highest BCUT2D eigenvalue weighted by molar-refractivity contribution is 6.00. The van der Waals surface area contributed by atoms with Crippen LogP contribution in [-0.4, -0.2) is 45.7 Å². The standard InChI is InChI=1S/C33H39N3O7/c1-33(2,3)28(11-7-8-14-42-32(34)41)35-30(39)22-12-13-23-18-36(19-24(23)15-22)31(40)29-26(38)16-25(37)17-27(29)43-20-21-9-5-4-6-10-21/h4-6,9-10,12-13,15-17,28,37-38H,7-8,11,14,18-20H2,1-3H3,(H2,34,41)(H,35,39). The number of phenols is 2. The lowest BCUT2D eigenvalue weighted by Gasteiger charge is -2.31. The first-order chi connectivity index (χ1) is 20.4. The molecule has 1 atom stereocenters. The van der Waals surface area contributed by atoms with E-state index in [9.17, 15) is 24.6 Å². The molecule has 228 valence electrons. The maximum absolute atomic E-state index is 13.6. The second kappa shape index (κ2) is 13.5. The van der Waals surface area contributed by atoms with Gasteiger partial charge in [-0.25, -0.2) is 4.79 Å². The first-order valence-electron chi connectivity index (χ1n) is 14.3. The summed E-state index contributed by atoms with van der Waals surface area (Å²) >= 11 is 0. The van der Waals surface area contributed by atoms with Gasteiger partial charge in [0.25, 0.3) is 11.8 Å². The van der Waals surface area contributed by atoms with Crippen LogP contribution in [0, 0.1) is 5.41 Å². The van der Waals surface area contributed by atoms with Crippen LogP contribution in [0.3, 0.4) is 0 Å². The van der Waals surface area contributed by atoms with Gasteiger partial charge in [-0.15, -0.1) is 0 Å². The summed E-state index contributed by atoms with van der Waals surface area (Å²) in [5.41, 5.74) is 7.87. The molecule has 1 unspecified atom stereocenters. The number of rotatable bonds is 11. The van der Waals surface area contributed by atoms with Gasteiger partial charge in [-0.1, -0.05) is 57.2 Å². The van der Waals surface area contributed by atoms with Crippen LogP contribution < -0.4 is 15.8 Å². The first kappa shape index (κ1) is 31.2. The fraction of sp³-hybridized carbons (Fsp3) is 0.364. The predicted octanol–water partition coefficient (Wildman–Crippen LogP) is 5.24. The van der Waals surface area contributed by atoms with Crippen LogP contribution in [0.4, 0.5) is 4.79 Å². The number of ether oxygens (including phenoxy) is 2. The van der Waals surface area contributed by atoms with E-state index in [1.807, 2.05) is 36.4 Å². The number of primary amides is 1. The van der Waals surface area contributed by atoms with Crippen LogP contribution in [-0.2, 0) is 24.4 Å². The van der Waals surface area contributed by atoms with Crippen molar-refractivity contribution in [2.45, 2.75) is 65.8 Å². The Morgan fingerprint density at radius 1 is 0.977 bits per heavy atom. The van der Waals surface area contributed by atoms with Crippen molar-refractivity contribution >= 4 is 17.9 Å². The SMILES string of the molecule is CC(C)(C)C(CCCCOC(N)=O)NC(=O)c1ccc2c(c1)CN(C(=O)c1c(O)cc(O)cc1OCc1ccccc1)C2. The summed E-state index contributed by atoms with van der Waals surface area (Å²) in [4.78, 5) is 39.3. The van der Waals surface area contributed by atoms with Crippen molar-refractivity contribution in [1.29, 1.82) is 0 Å². The number of carbonyl (C=O) groups is 3. The molecule has 10 heteroatoms. The van der Waals surface area contributed by atoms with Crippen LogP contribution in [0.5, 0.6) is 17.2 Å². The predicted molar refractivity (Wildman–Crippen MR) is 161 cm³/mol. The van der Waals surface area contributed by atoms with E-state index in [0.717, 1.165) is 29.2 Å². The summed E-state index contributed by atoms with van der Waals surface area (Å²) < 4.78 is 10.7. The summed E-state index contributed by atoms with van der Waals surface area (Å²) in [6, 6.07) is 17.1. The third-order valence-electron chi connectivity index (χ3n) is 7.48. The molecule has 1 aliphatic rings. The Morgan fingerprint density at radius 2 is 1.70 bits per heavy atom. The van der Waals surface area contributed by atoms with Crippen LogP contribution >= 0.6 is 0 Å². The number of aromatic hydroxyl groups is 2. The van der Waals surface area contributed by atoms with Crippen molar-refractivity contribution in [1.82, 2.24) is 10.2 Å². The zero-order valence-electron chi connectivity index (χ0n) is 24.8. The van der Waals surface area contributed by atoms with Gasteiger partial charge in [0.2, 0.25) is 0 Å². The Bertz CT molecular complexity index is 1470. The fourth-order valence-electron chi connectivity index (χ4n) is 5.07. The smallest absolute Gasteiger partial charge is 0.404 e. The molecule has 1 aliphatic heterocycles. The second-order valence-electron chi connectivity index (χ2n) is 11.8. The molecule has 0 radical (unpaired) electrons. The molecule has 0 aromatic heterocycles. The van der Waals surface area contributed by atoms with Crippen molar-refractivity contribution in [2.75, 3.05) is 6.61 Å². The summed E-state index contributed by atoms with van der Waals surface area (Å²) in [7, 11) is 0. The number of carbonyl (C=O) groups excluding carboxylic acids is 3. The van der Waals surface area contributed by atoms with Crippen LogP contribution in [0.15, 0.2) is 60.7 Å². The van der Waals surface area contributed by atoms with E-state index in [1.165, 1.54) is 6.07 Å². The Morgan fingerprint density at radius 3 is 2.40 bits per heavy atom. The van der Waals surface area contributed by atoms with Crippen molar-refractivity contribution in [3.8, 4) is 17.2 Å². The van der Waals surface area contributed by atoms with Gasteiger partial charge in [-0.05, 0) is 53.5 Å². The Kier molecular flexibility index (Phi) is 9.80. The van der Waals surface area contributed by atoms with E-state index in [1.54, 1.807) is 17.0 Å². The van der Waals surface area contributed by atoms with Gasteiger partial charge in [0.05, 0.1) is 6.61 Å². The number of hydrogen-bond acceptors (Lipinski definition) is 7. The number of nitrogens with two attached hydrogens (primary N) is 1. The molecule has 4 rings (SSSR count). The number of benzene rings is 3. The second-order valence-corrected chi connectivity index (χ2v) is 11.8. The molecule has 43 heavy (non-hydrogen) atoms. The van der Waals surface area contributed by atoms with Gasteiger partial charge in [0.15, 0.2) is 0 Å². The molecule has 1 heterocycles. The van der Waals surface area contributed by atoms with Gasteiger partial charge in [0, 0.05) is 36.8 Å². The largest absolute Gasteiger partial charge is 0.508 e. The molecule has 0 fully saturated rings.